The Balaban J connectivity index is 2.45. The van der Waals surface area contributed by atoms with Gasteiger partial charge in [0, 0.05) is 18.4 Å². The number of hydrogen-bond donors (Lipinski definition) is 3. The van der Waals surface area contributed by atoms with E-state index in [2.05, 4.69) is 10.3 Å². The van der Waals surface area contributed by atoms with Crippen LogP contribution in [0.4, 0.5) is 0 Å². The van der Waals surface area contributed by atoms with E-state index in [1.165, 1.54) is 0 Å². The molecule has 0 aliphatic rings. The molecule has 1 rings (SSSR count). The molecule has 1 heterocycles. The molecule has 0 spiro atoms. The lowest BCUT2D eigenvalue weighted by Crippen LogP contribution is -2.33. The highest BCUT2D eigenvalue weighted by molar-refractivity contribution is 5.94. The van der Waals surface area contributed by atoms with Crippen LogP contribution in [-0.2, 0) is 4.79 Å². The fourth-order valence-electron chi connectivity index (χ4n) is 1.09. The topological polar surface area (TPSA) is 82.2 Å². The number of carbonyl (C=O) groups excluding carboxylic acids is 1. The lowest BCUT2D eigenvalue weighted by Gasteiger charge is -2.10. The van der Waals surface area contributed by atoms with Crippen LogP contribution >= 0.6 is 0 Å². The van der Waals surface area contributed by atoms with Crippen molar-refractivity contribution in [3.8, 4) is 0 Å². The first-order chi connectivity index (χ1) is 6.59. The molecule has 0 aliphatic heterocycles. The third-order valence-corrected chi connectivity index (χ3v) is 1.72. The van der Waals surface area contributed by atoms with Gasteiger partial charge in [-0.25, -0.2) is 0 Å². The van der Waals surface area contributed by atoms with E-state index in [4.69, 9.17) is 5.11 Å². The summed E-state index contributed by atoms with van der Waals surface area (Å²) in [6.45, 7) is 1.65. The average molecular weight is 196 g/mol. The molecular formula is C9H12N2O3. The highest BCUT2D eigenvalue weighted by Gasteiger charge is 2.12. The average Bonchev–Trinajstić information content (AvgIpc) is 2.53. The molecular weight excluding hydrogens is 184 g/mol. The number of carboxylic acid groups (broad SMARTS) is 1. The predicted molar refractivity (Wildman–Crippen MR) is 50.0 cm³/mol. The molecule has 0 aromatic carbocycles. The molecule has 14 heavy (non-hydrogen) atoms. The molecule has 0 saturated carbocycles. The molecule has 1 atom stereocenters. The number of nitrogens with one attached hydrogen (secondary N) is 2. The molecule has 1 aromatic rings. The Morgan fingerprint density at radius 3 is 2.86 bits per heavy atom. The first kappa shape index (κ1) is 10.3. The Hall–Kier alpha value is -1.78. The van der Waals surface area contributed by atoms with Crippen molar-refractivity contribution in [2.75, 3.05) is 0 Å². The highest BCUT2D eigenvalue weighted by Crippen LogP contribution is 1.98. The van der Waals surface area contributed by atoms with Crippen molar-refractivity contribution in [3.63, 3.8) is 0 Å². The molecule has 5 nitrogen and oxygen atoms in total. The summed E-state index contributed by atoms with van der Waals surface area (Å²) in [6, 6.07) is 1.26. The van der Waals surface area contributed by atoms with Gasteiger partial charge in [0.2, 0.25) is 0 Å². The molecule has 0 saturated heterocycles. The van der Waals surface area contributed by atoms with Crippen LogP contribution in [0, 0.1) is 0 Å². The van der Waals surface area contributed by atoms with Gasteiger partial charge in [-0.15, -0.1) is 0 Å². The lowest BCUT2D eigenvalue weighted by atomic mass is 10.2. The Morgan fingerprint density at radius 2 is 2.36 bits per heavy atom. The minimum atomic E-state index is -0.924. The summed E-state index contributed by atoms with van der Waals surface area (Å²) >= 11 is 0. The van der Waals surface area contributed by atoms with Crippen molar-refractivity contribution in [1.29, 1.82) is 0 Å². The summed E-state index contributed by atoms with van der Waals surface area (Å²) < 4.78 is 0. The Morgan fingerprint density at radius 1 is 1.64 bits per heavy atom. The van der Waals surface area contributed by atoms with E-state index in [1.54, 1.807) is 25.4 Å². The first-order valence-corrected chi connectivity index (χ1v) is 4.25. The Bertz CT molecular complexity index is 319. The predicted octanol–water partition coefficient (Wildman–Crippen LogP) is 0.608. The molecule has 5 heteroatoms. The fourth-order valence-corrected chi connectivity index (χ4v) is 1.09. The minimum Gasteiger partial charge on any atom is -0.481 e. The van der Waals surface area contributed by atoms with Crippen molar-refractivity contribution in [2.45, 2.75) is 19.4 Å². The van der Waals surface area contributed by atoms with Gasteiger partial charge in [0.25, 0.3) is 5.91 Å². The number of amides is 1. The van der Waals surface area contributed by atoms with E-state index in [-0.39, 0.29) is 18.4 Å². The van der Waals surface area contributed by atoms with Gasteiger partial charge in [0.15, 0.2) is 0 Å². The summed E-state index contributed by atoms with van der Waals surface area (Å²) in [5, 5.41) is 11.0. The highest BCUT2D eigenvalue weighted by atomic mass is 16.4. The molecule has 0 aliphatic carbocycles. The third-order valence-electron chi connectivity index (χ3n) is 1.72. The van der Waals surface area contributed by atoms with Gasteiger partial charge in [0.1, 0.15) is 0 Å². The fraction of sp³-hybridized carbons (Fsp3) is 0.333. The molecule has 0 radical (unpaired) electrons. The summed E-state index contributed by atoms with van der Waals surface area (Å²) in [7, 11) is 0. The van der Waals surface area contributed by atoms with Gasteiger partial charge in [0.05, 0.1) is 12.0 Å². The maximum absolute atomic E-state index is 11.4. The van der Waals surface area contributed by atoms with Crippen LogP contribution in [0.15, 0.2) is 18.5 Å². The van der Waals surface area contributed by atoms with Crippen molar-refractivity contribution < 1.29 is 14.7 Å². The van der Waals surface area contributed by atoms with E-state index in [0.29, 0.717) is 5.56 Å². The zero-order valence-electron chi connectivity index (χ0n) is 7.78. The van der Waals surface area contributed by atoms with Crippen LogP contribution in [0.2, 0.25) is 0 Å². The van der Waals surface area contributed by atoms with E-state index in [9.17, 15) is 9.59 Å². The van der Waals surface area contributed by atoms with Crippen LogP contribution in [-0.4, -0.2) is 28.0 Å². The standard InChI is InChI=1S/C9H12N2O3/c1-6(4-8(12)13)11-9(14)7-2-3-10-5-7/h2-3,5-6,10H,4H2,1H3,(H,11,14)(H,12,13). The summed E-state index contributed by atoms with van der Waals surface area (Å²) in [5.41, 5.74) is 0.502. The lowest BCUT2D eigenvalue weighted by molar-refractivity contribution is -0.137. The number of carboxylic acids is 1. The quantitative estimate of drug-likeness (QED) is 0.659. The van der Waals surface area contributed by atoms with E-state index >= 15 is 0 Å². The molecule has 1 amide bonds. The zero-order valence-corrected chi connectivity index (χ0v) is 7.78. The largest absolute Gasteiger partial charge is 0.481 e. The number of H-pyrrole nitrogens is 1. The maximum Gasteiger partial charge on any atom is 0.305 e. The number of rotatable bonds is 4. The second-order valence-corrected chi connectivity index (χ2v) is 3.07. The van der Waals surface area contributed by atoms with Crippen molar-refractivity contribution in [3.05, 3.63) is 24.0 Å². The van der Waals surface area contributed by atoms with Crippen LogP contribution in [0.25, 0.3) is 0 Å². The van der Waals surface area contributed by atoms with Crippen LogP contribution in [0.1, 0.15) is 23.7 Å². The number of aliphatic carboxylic acids is 1. The van der Waals surface area contributed by atoms with Gasteiger partial charge in [-0.1, -0.05) is 0 Å². The van der Waals surface area contributed by atoms with Gasteiger partial charge in [-0.3, -0.25) is 9.59 Å². The maximum atomic E-state index is 11.4. The third kappa shape index (κ3) is 2.93. The summed E-state index contributed by atoms with van der Waals surface area (Å²) in [5.74, 6) is -1.19. The molecule has 1 unspecified atom stereocenters. The van der Waals surface area contributed by atoms with Crippen LogP contribution in [0.5, 0.6) is 0 Å². The number of aromatic nitrogens is 1. The van der Waals surface area contributed by atoms with Gasteiger partial charge < -0.3 is 15.4 Å². The normalized spacial score (nSPS) is 12.1. The van der Waals surface area contributed by atoms with E-state index in [1.807, 2.05) is 0 Å². The Labute approximate surface area is 81.1 Å². The van der Waals surface area contributed by atoms with Crippen molar-refractivity contribution in [1.82, 2.24) is 10.3 Å². The summed E-state index contributed by atoms with van der Waals surface area (Å²) in [4.78, 5) is 24.4. The Kier molecular flexibility index (Phi) is 3.28. The minimum absolute atomic E-state index is 0.0733. The number of hydrogen-bond acceptors (Lipinski definition) is 2. The van der Waals surface area contributed by atoms with Crippen LogP contribution < -0.4 is 5.32 Å². The van der Waals surface area contributed by atoms with E-state index in [0.717, 1.165) is 0 Å². The van der Waals surface area contributed by atoms with Crippen molar-refractivity contribution >= 4 is 11.9 Å². The molecule has 0 fully saturated rings. The molecule has 1 aromatic heterocycles. The van der Waals surface area contributed by atoms with Gasteiger partial charge >= 0.3 is 5.97 Å². The molecule has 3 N–H and O–H groups in total. The SMILES string of the molecule is CC(CC(=O)O)NC(=O)c1cc[nH]c1. The molecule has 76 valence electrons. The smallest absolute Gasteiger partial charge is 0.305 e. The summed E-state index contributed by atoms with van der Waals surface area (Å²) in [6.07, 6.45) is 3.12. The van der Waals surface area contributed by atoms with Gasteiger partial charge in [-0.05, 0) is 13.0 Å². The molecule has 0 bridgehead atoms. The second-order valence-electron chi connectivity index (χ2n) is 3.07. The first-order valence-electron chi connectivity index (χ1n) is 4.25. The number of aromatic amines is 1. The zero-order chi connectivity index (χ0) is 10.6. The van der Waals surface area contributed by atoms with Crippen LogP contribution in [0.3, 0.4) is 0 Å². The van der Waals surface area contributed by atoms with E-state index < -0.39 is 5.97 Å². The number of carbonyl (C=O) groups is 2. The van der Waals surface area contributed by atoms with Crippen molar-refractivity contribution in [2.24, 2.45) is 0 Å². The van der Waals surface area contributed by atoms with Gasteiger partial charge in [-0.2, -0.15) is 0 Å². The second kappa shape index (κ2) is 4.45. The monoisotopic (exact) mass is 196 g/mol.